The molecule has 0 heterocycles. The molecule has 0 saturated carbocycles. The van der Waals surface area contributed by atoms with Gasteiger partial charge in [-0.25, -0.2) is 17.6 Å². The van der Waals surface area contributed by atoms with Crippen molar-refractivity contribution in [3.05, 3.63) is 214 Å². The number of primary amides is 2. The molecule has 0 aromatic heterocycles. The molecule has 0 aliphatic carbocycles. The van der Waals surface area contributed by atoms with Crippen molar-refractivity contribution in [3.8, 4) is 0 Å². The SMILES string of the molecule is NC(=O)C(c1ccccc1)(c1ccc(F)cc1)c1ccc(F)cc1.NC(=O)C(c1ccccc1)(c1ccc(F)cc1)c1ccc(F)cc1. The Morgan fingerprint density at radius 1 is 0.333 bits per heavy atom. The first-order valence-electron chi connectivity index (χ1n) is 14.8. The molecule has 48 heavy (non-hydrogen) atoms. The third kappa shape index (κ3) is 6.33. The second-order valence-electron chi connectivity index (χ2n) is 11.0. The summed E-state index contributed by atoms with van der Waals surface area (Å²) in [6, 6.07) is 40.3. The summed E-state index contributed by atoms with van der Waals surface area (Å²) in [6.07, 6.45) is 0. The zero-order chi connectivity index (χ0) is 34.3. The number of nitrogens with two attached hydrogens (primary N) is 2. The summed E-state index contributed by atoms with van der Waals surface area (Å²) in [5.74, 6) is -2.89. The summed E-state index contributed by atoms with van der Waals surface area (Å²) < 4.78 is 53.5. The highest BCUT2D eigenvalue weighted by Crippen LogP contribution is 2.40. The minimum absolute atomic E-state index is 0.413. The van der Waals surface area contributed by atoms with Gasteiger partial charge in [-0.3, -0.25) is 9.59 Å². The van der Waals surface area contributed by atoms with Crippen molar-refractivity contribution in [2.45, 2.75) is 10.8 Å². The number of amides is 2. The van der Waals surface area contributed by atoms with Gasteiger partial charge in [0.15, 0.2) is 0 Å². The molecule has 4 N–H and O–H groups in total. The van der Waals surface area contributed by atoms with Crippen molar-refractivity contribution in [2.75, 3.05) is 0 Å². The summed E-state index contributed by atoms with van der Waals surface area (Å²) in [4.78, 5) is 25.3. The maximum absolute atomic E-state index is 13.4. The van der Waals surface area contributed by atoms with Gasteiger partial charge in [0.05, 0.1) is 0 Å². The van der Waals surface area contributed by atoms with Crippen LogP contribution in [0.15, 0.2) is 158 Å². The summed E-state index contributed by atoms with van der Waals surface area (Å²) in [5.41, 5.74) is 12.3. The van der Waals surface area contributed by atoms with Gasteiger partial charge in [0.25, 0.3) is 0 Å². The third-order valence-corrected chi connectivity index (χ3v) is 8.26. The smallest absolute Gasteiger partial charge is 0.237 e. The summed E-state index contributed by atoms with van der Waals surface area (Å²) in [7, 11) is 0. The van der Waals surface area contributed by atoms with E-state index in [2.05, 4.69) is 0 Å². The fourth-order valence-corrected chi connectivity index (χ4v) is 6.03. The van der Waals surface area contributed by atoms with Crippen LogP contribution in [0.3, 0.4) is 0 Å². The monoisotopic (exact) mass is 646 g/mol. The van der Waals surface area contributed by atoms with Crippen molar-refractivity contribution in [3.63, 3.8) is 0 Å². The number of hydrogen-bond donors (Lipinski definition) is 2. The highest BCUT2D eigenvalue weighted by atomic mass is 19.1. The van der Waals surface area contributed by atoms with Crippen molar-refractivity contribution in [1.29, 1.82) is 0 Å². The molecule has 6 rings (SSSR count). The Kier molecular flexibility index (Phi) is 9.85. The summed E-state index contributed by atoms with van der Waals surface area (Å²) >= 11 is 0. The van der Waals surface area contributed by atoms with Gasteiger partial charge in [-0.2, -0.15) is 0 Å². The van der Waals surface area contributed by atoms with Crippen LogP contribution in [0.5, 0.6) is 0 Å². The molecule has 0 fully saturated rings. The molecule has 0 aliphatic rings. The van der Waals surface area contributed by atoms with Crippen molar-refractivity contribution < 1.29 is 27.2 Å². The van der Waals surface area contributed by atoms with Gasteiger partial charge in [0.2, 0.25) is 11.8 Å². The van der Waals surface area contributed by atoms with Crippen LogP contribution in [0.4, 0.5) is 17.6 Å². The fourth-order valence-electron chi connectivity index (χ4n) is 6.03. The molecule has 0 saturated heterocycles. The Bertz CT molecular complexity index is 1740. The Morgan fingerprint density at radius 2 is 0.521 bits per heavy atom. The van der Waals surface area contributed by atoms with Crippen LogP contribution in [0.2, 0.25) is 0 Å². The molecular formula is C40H30F4N2O2. The van der Waals surface area contributed by atoms with E-state index in [1.807, 2.05) is 12.1 Å². The predicted molar refractivity (Wildman–Crippen MR) is 177 cm³/mol. The first kappa shape index (κ1) is 33.3. The quantitative estimate of drug-likeness (QED) is 0.132. The number of hydrogen-bond acceptors (Lipinski definition) is 2. The van der Waals surface area contributed by atoms with E-state index in [9.17, 15) is 27.2 Å². The van der Waals surface area contributed by atoms with Gasteiger partial charge in [-0.05, 0) is 81.9 Å². The van der Waals surface area contributed by atoms with Crippen LogP contribution in [-0.2, 0) is 20.4 Å². The standard InChI is InChI=1S/2C20H15F2NO/c2*21-17-10-6-15(7-11-17)20(19(23)24,14-4-2-1-3-5-14)16-8-12-18(22)13-9-16/h2*1-13H,(H2,23,24). The number of carbonyl (C=O) groups is 2. The van der Waals surface area contributed by atoms with Crippen LogP contribution in [0, 0.1) is 23.3 Å². The number of rotatable bonds is 8. The van der Waals surface area contributed by atoms with Crippen LogP contribution < -0.4 is 11.5 Å². The Hall–Kier alpha value is -6.02. The lowest BCUT2D eigenvalue weighted by Crippen LogP contribution is -2.43. The molecule has 0 aliphatic heterocycles. The van der Waals surface area contributed by atoms with E-state index in [0.717, 1.165) is 0 Å². The van der Waals surface area contributed by atoms with Crippen molar-refractivity contribution >= 4 is 11.8 Å². The Morgan fingerprint density at radius 3 is 0.708 bits per heavy atom. The molecule has 8 heteroatoms. The van der Waals surface area contributed by atoms with Gasteiger partial charge in [0.1, 0.15) is 34.1 Å². The molecule has 0 radical (unpaired) electrons. The highest BCUT2D eigenvalue weighted by molar-refractivity contribution is 5.95. The third-order valence-electron chi connectivity index (χ3n) is 8.26. The molecule has 0 bridgehead atoms. The van der Waals surface area contributed by atoms with Crippen LogP contribution in [-0.4, -0.2) is 11.8 Å². The number of carbonyl (C=O) groups excluding carboxylic acids is 2. The Balaban J connectivity index is 0.000000188. The van der Waals surface area contributed by atoms with E-state index in [1.165, 1.54) is 97.1 Å². The first-order valence-corrected chi connectivity index (χ1v) is 14.8. The lowest BCUT2D eigenvalue weighted by molar-refractivity contribution is -0.121. The van der Waals surface area contributed by atoms with Gasteiger partial charge in [0, 0.05) is 0 Å². The molecule has 0 atom stereocenters. The van der Waals surface area contributed by atoms with E-state index in [4.69, 9.17) is 11.5 Å². The lowest BCUT2D eigenvalue weighted by Gasteiger charge is -2.32. The molecule has 4 nitrogen and oxygen atoms in total. The van der Waals surface area contributed by atoms with Gasteiger partial charge >= 0.3 is 0 Å². The van der Waals surface area contributed by atoms with Crippen molar-refractivity contribution in [2.24, 2.45) is 11.5 Å². The maximum atomic E-state index is 13.4. The van der Waals surface area contributed by atoms with Gasteiger partial charge < -0.3 is 11.5 Å². The van der Waals surface area contributed by atoms with E-state index in [0.29, 0.717) is 33.4 Å². The van der Waals surface area contributed by atoms with Gasteiger partial charge in [-0.1, -0.05) is 109 Å². The minimum atomic E-state index is -1.33. The largest absolute Gasteiger partial charge is 0.368 e. The predicted octanol–water partition coefficient (Wildman–Crippen LogP) is 7.57. The zero-order valence-corrected chi connectivity index (χ0v) is 25.5. The molecule has 6 aromatic carbocycles. The summed E-state index contributed by atoms with van der Waals surface area (Å²) in [6.45, 7) is 0. The normalized spacial score (nSPS) is 11.2. The zero-order valence-electron chi connectivity index (χ0n) is 25.5. The maximum Gasteiger partial charge on any atom is 0.237 e. The van der Waals surface area contributed by atoms with Crippen molar-refractivity contribution in [1.82, 2.24) is 0 Å². The van der Waals surface area contributed by atoms with Crippen LogP contribution in [0.1, 0.15) is 33.4 Å². The van der Waals surface area contributed by atoms with E-state index in [-0.39, 0.29) is 0 Å². The second-order valence-corrected chi connectivity index (χ2v) is 11.0. The molecule has 2 amide bonds. The van der Waals surface area contributed by atoms with E-state index >= 15 is 0 Å². The Labute approximate surface area is 275 Å². The summed E-state index contributed by atoms with van der Waals surface area (Å²) in [5, 5.41) is 0. The first-order chi connectivity index (χ1) is 23.1. The molecule has 240 valence electrons. The van der Waals surface area contributed by atoms with Crippen LogP contribution >= 0.6 is 0 Å². The van der Waals surface area contributed by atoms with Crippen LogP contribution in [0.25, 0.3) is 0 Å². The average molecular weight is 647 g/mol. The second kappa shape index (κ2) is 14.2. The number of benzene rings is 6. The average Bonchev–Trinajstić information content (AvgIpc) is 3.09. The minimum Gasteiger partial charge on any atom is -0.368 e. The topological polar surface area (TPSA) is 86.2 Å². The van der Waals surface area contributed by atoms with E-state index in [1.54, 1.807) is 48.5 Å². The van der Waals surface area contributed by atoms with E-state index < -0.39 is 45.9 Å². The highest BCUT2D eigenvalue weighted by Gasteiger charge is 2.43. The fraction of sp³-hybridized carbons (Fsp3) is 0.0500. The molecule has 0 unspecified atom stereocenters. The van der Waals surface area contributed by atoms with Gasteiger partial charge in [-0.15, -0.1) is 0 Å². The molecule has 6 aromatic rings. The molecular weight excluding hydrogens is 616 g/mol. The molecule has 0 spiro atoms. The number of halogens is 4. The lowest BCUT2D eigenvalue weighted by atomic mass is 9.69.